The smallest absolute Gasteiger partial charge is 0.341 e. The minimum Gasteiger partial charge on any atom is -0.341 e. The second kappa shape index (κ2) is 9.43. The molecule has 198 valence electrons. The monoisotopic (exact) mass is 544 g/mol. The van der Waals surface area contributed by atoms with E-state index in [2.05, 4.69) is 15.1 Å². The van der Waals surface area contributed by atoms with E-state index < -0.39 is 11.9 Å². The molecule has 4 heterocycles. The predicted molar refractivity (Wildman–Crippen MR) is 137 cm³/mol. The highest BCUT2D eigenvalue weighted by atomic mass is 35.5. The highest BCUT2D eigenvalue weighted by Gasteiger charge is 2.35. The molecule has 0 atom stereocenters. The van der Waals surface area contributed by atoms with E-state index in [1.54, 1.807) is 48.4 Å². The Kier molecular flexibility index (Phi) is 6.38. The first-order valence-corrected chi connectivity index (χ1v) is 12.1. The van der Waals surface area contributed by atoms with Crippen molar-refractivity contribution in [1.82, 2.24) is 29.3 Å². The van der Waals surface area contributed by atoms with Gasteiger partial charge in [0.2, 0.25) is 5.91 Å². The third kappa shape index (κ3) is 4.60. The summed E-state index contributed by atoms with van der Waals surface area (Å²) in [5, 5.41) is 4.75. The second-order valence-electron chi connectivity index (χ2n) is 9.35. The van der Waals surface area contributed by atoms with Crippen LogP contribution in [0.3, 0.4) is 0 Å². The Morgan fingerprint density at radius 1 is 1.08 bits per heavy atom. The number of anilines is 2. The van der Waals surface area contributed by atoms with E-state index in [1.165, 1.54) is 16.5 Å². The zero-order valence-corrected chi connectivity index (χ0v) is 21.8. The fourth-order valence-electron chi connectivity index (χ4n) is 4.35. The topological polar surface area (TPSA) is 85.0 Å². The molecule has 13 heteroatoms. The van der Waals surface area contributed by atoms with Crippen LogP contribution in [0.2, 0.25) is 5.02 Å². The first-order valence-electron chi connectivity index (χ1n) is 11.8. The Balaban J connectivity index is 1.46. The third-order valence-corrected chi connectivity index (χ3v) is 6.59. The summed E-state index contributed by atoms with van der Waals surface area (Å²) in [5.41, 5.74) is 1.58. The van der Waals surface area contributed by atoms with Crippen molar-refractivity contribution in [3.8, 4) is 22.9 Å². The standard InChI is InChI=1S/C25H24ClF3N8O/c1-14(2)37-21(17(26)9-31-37)22-30-10-18-24(33-22)36(13-20(38)35(18)4)11-15-5-7-16(8-6-15)23-32-19(12-34(23)3)25(27,28)29/h5-10,12,14H,11,13H2,1-4H3. The summed E-state index contributed by atoms with van der Waals surface area (Å²) in [6, 6.07) is 7.05. The van der Waals surface area contributed by atoms with Gasteiger partial charge in [-0.25, -0.2) is 15.0 Å². The first-order chi connectivity index (χ1) is 17.9. The molecule has 3 aromatic heterocycles. The third-order valence-electron chi connectivity index (χ3n) is 6.32. The molecule has 0 N–H and O–H groups in total. The summed E-state index contributed by atoms with van der Waals surface area (Å²) in [5.74, 6) is 1.04. The molecular formula is C25H24ClF3N8O. The van der Waals surface area contributed by atoms with Gasteiger partial charge in [-0.2, -0.15) is 18.3 Å². The lowest BCUT2D eigenvalue weighted by atomic mass is 10.1. The second-order valence-corrected chi connectivity index (χ2v) is 9.75. The van der Waals surface area contributed by atoms with Gasteiger partial charge in [0.15, 0.2) is 17.3 Å². The molecule has 1 aromatic carbocycles. The van der Waals surface area contributed by atoms with E-state index in [0.29, 0.717) is 40.2 Å². The average Bonchev–Trinajstić information content (AvgIpc) is 3.45. The highest BCUT2D eigenvalue weighted by molar-refractivity contribution is 6.32. The number of likely N-dealkylation sites (N-methyl/N-ethyl adjacent to an activating group) is 1. The van der Waals surface area contributed by atoms with Crippen LogP contribution in [-0.2, 0) is 24.6 Å². The van der Waals surface area contributed by atoms with Gasteiger partial charge in [0.1, 0.15) is 17.2 Å². The molecule has 0 unspecified atom stereocenters. The summed E-state index contributed by atoms with van der Waals surface area (Å²) in [6.07, 6.45) is -0.411. The van der Waals surface area contributed by atoms with Crippen molar-refractivity contribution < 1.29 is 18.0 Å². The fourth-order valence-corrected chi connectivity index (χ4v) is 4.57. The SMILES string of the molecule is CC(C)n1ncc(Cl)c1-c1ncc2c(n1)N(Cc1ccc(-c3nc(C(F)(F)F)cn3C)cc1)CC(=O)N2C. The Bertz CT molecular complexity index is 1510. The van der Waals surface area contributed by atoms with Crippen molar-refractivity contribution in [2.75, 3.05) is 23.4 Å². The Morgan fingerprint density at radius 2 is 1.79 bits per heavy atom. The van der Waals surface area contributed by atoms with Crippen LogP contribution in [0.25, 0.3) is 22.9 Å². The van der Waals surface area contributed by atoms with E-state index in [-0.39, 0.29) is 24.3 Å². The van der Waals surface area contributed by atoms with E-state index in [0.717, 1.165) is 11.8 Å². The number of carbonyl (C=O) groups excluding carboxylic acids is 1. The van der Waals surface area contributed by atoms with Crippen LogP contribution in [-0.4, -0.2) is 48.8 Å². The van der Waals surface area contributed by atoms with Crippen LogP contribution in [0.5, 0.6) is 0 Å². The lowest BCUT2D eigenvalue weighted by Gasteiger charge is -2.34. The van der Waals surface area contributed by atoms with Crippen LogP contribution in [0.4, 0.5) is 24.7 Å². The van der Waals surface area contributed by atoms with Crippen molar-refractivity contribution in [3.63, 3.8) is 0 Å². The van der Waals surface area contributed by atoms with Gasteiger partial charge < -0.3 is 14.4 Å². The zero-order chi connectivity index (χ0) is 27.4. The van der Waals surface area contributed by atoms with Crippen molar-refractivity contribution in [1.29, 1.82) is 0 Å². The van der Waals surface area contributed by atoms with Gasteiger partial charge in [0.25, 0.3) is 0 Å². The van der Waals surface area contributed by atoms with Gasteiger partial charge in [-0.1, -0.05) is 35.9 Å². The van der Waals surface area contributed by atoms with E-state index in [1.807, 2.05) is 18.7 Å². The zero-order valence-electron chi connectivity index (χ0n) is 21.0. The maximum Gasteiger partial charge on any atom is 0.434 e. The molecule has 1 amide bonds. The number of rotatable bonds is 5. The first kappa shape index (κ1) is 25.7. The number of aryl methyl sites for hydroxylation is 1. The van der Waals surface area contributed by atoms with Crippen molar-refractivity contribution in [2.45, 2.75) is 32.6 Å². The minimum atomic E-state index is -4.52. The molecule has 0 spiro atoms. The summed E-state index contributed by atoms with van der Waals surface area (Å²) in [7, 11) is 3.19. The molecule has 1 aliphatic heterocycles. The quantitative estimate of drug-likeness (QED) is 0.352. The Hall–Kier alpha value is -3.93. The van der Waals surface area contributed by atoms with Crippen molar-refractivity contribution >= 4 is 29.0 Å². The molecule has 0 fully saturated rings. The van der Waals surface area contributed by atoms with E-state index >= 15 is 0 Å². The number of aromatic nitrogens is 6. The number of hydrogen-bond donors (Lipinski definition) is 0. The number of fused-ring (bicyclic) bond motifs is 1. The van der Waals surface area contributed by atoms with Crippen LogP contribution < -0.4 is 9.80 Å². The van der Waals surface area contributed by atoms with Crippen LogP contribution >= 0.6 is 11.6 Å². The average molecular weight is 545 g/mol. The maximum absolute atomic E-state index is 13.1. The predicted octanol–water partition coefficient (Wildman–Crippen LogP) is 4.98. The Morgan fingerprint density at radius 3 is 2.42 bits per heavy atom. The van der Waals surface area contributed by atoms with E-state index in [4.69, 9.17) is 16.6 Å². The summed E-state index contributed by atoms with van der Waals surface area (Å²) < 4.78 is 42.3. The molecule has 0 aliphatic carbocycles. The molecule has 0 radical (unpaired) electrons. The lowest BCUT2D eigenvalue weighted by molar-refractivity contribution is -0.140. The number of nitrogens with zero attached hydrogens (tertiary/aromatic N) is 8. The number of carbonyl (C=O) groups is 1. The molecule has 4 aromatic rings. The van der Waals surface area contributed by atoms with Crippen molar-refractivity contribution in [3.05, 3.63) is 59.1 Å². The summed E-state index contributed by atoms with van der Waals surface area (Å²) >= 11 is 6.42. The minimum absolute atomic E-state index is 0.0296. The number of amides is 1. The van der Waals surface area contributed by atoms with Gasteiger partial charge in [-0.15, -0.1) is 0 Å². The van der Waals surface area contributed by atoms with Gasteiger partial charge in [-0.3, -0.25) is 9.48 Å². The molecule has 0 bridgehead atoms. The lowest BCUT2D eigenvalue weighted by Crippen LogP contribution is -2.44. The summed E-state index contributed by atoms with van der Waals surface area (Å²) in [6.45, 7) is 4.38. The van der Waals surface area contributed by atoms with Crippen LogP contribution in [0.15, 0.2) is 42.9 Å². The number of halogens is 4. The van der Waals surface area contributed by atoms with Gasteiger partial charge in [0.05, 0.1) is 24.0 Å². The van der Waals surface area contributed by atoms with Gasteiger partial charge >= 0.3 is 6.18 Å². The largest absolute Gasteiger partial charge is 0.434 e. The molecule has 9 nitrogen and oxygen atoms in total. The molecule has 38 heavy (non-hydrogen) atoms. The number of alkyl halides is 3. The number of hydrogen-bond acceptors (Lipinski definition) is 6. The number of benzene rings is 1. The number of imidazole rings is 1. The van der Waals surface area contributed by atoms with Gasteiger partial charge in [0, 0.05) is 38.4 Å². The fraction of sp³-hybridized carbons (Fsp3) is 0.320. The van der Waals surface area contributed by atoms with Crippen LogP contribution in [0.1, 0.15) is 31.1 Å². The van der Waals surface area contributed by atoms with E-state index in [9.17, 15) is 18.0 Å². The molecular weight excluding hydrogens is 521 g/mol. The molecule has 5 rings (SSSR count). The summed E-state index contributed by atoms with van der Waals surface area (Å²) in [4.78, 5) is 29.1. The van der Waals surface area contributed by atoms with Crippen molar-refractivity contribution in [2.24, 2.45) is 7.05 Å². The Labute approximate surface area is 221 Å². The molecule has 0 saturated carbocycles. The maximum atomic E-state index is 13.1. The van der Waals surface area contributed by atoms with Gasteiger partial charge in [-0.05, 0) is 19.4 Å². The van der Waals surface area contributed by atoms with Crippen LogP contribution in [0, 0.1) is 0 Å². The molecule has 1 aliphatic rings. The normalized spacial score (nSPS) is 14.0. The highest BCUT2D eigenvalue weighted by Crippen LogP contribution is 2.36. The molecule has 0 saturated heterocycles.